The maximum atomic E-state index is 12.9. The highest BCUT2D eigenvalue weighted by Crippen LogP contribution is 2.32. The molecule has 0 aliphatic heterocycles. The quantitative estimate of drug-likeness (QED) is 0.655. The van der Waals surface area contributed by atoms with Crippen LogP contribution < -0.4 is 0 Å². The van der Waals surface area contributed by atoms with Crippen molar-refractivity contribution < 1.29 is 4.39 Å². The van der Waals surface area contributed by atoms with Gasteiger partial charge in [0.15, 0.2) is 0 Å². The van der Waals surface area contributed by atoms with Gasteiger partial charge >= 0.3 is 0 Å². The van der Waals surface area contributed by atoms with Gasteiger partial charge in [0.1, 0.15) is 5.82 Å². The first-order chi connectivity index (χ1) is 5.66. The lowest BCUT2D eigenvalue weighted by atomic mass is 10.2. The molecule has 0 N–H and O–H groups in total. The molecule has 0 spiro atoms. The summed E-state index contributed by atoms with van der Waals surface area (Å²) in [6, 6.07) is 5.06. The minimum Gasteiger partial charge on any atom is -0.207 e. The van der Waals surface area contributed by atoms with Crippen LogP contribution in [0, 0.1) is 12.7 Å². The standard InChI is InChI=1S/C9H6BrFS/c1-5-2-7(11)3-6-4-8(10)12-9(5)6/h2-4H,1H3. The molecule has 3 heteroatoms. The van der Waals surface area contributed by atoms with Crippen molar-refractivity contribution in [3.63, 3.8) is 0 Å². The molecule has 0 unspecified atom stereocenters. The average molecular weight is 245 g/mol. The summed E-state index contributed by atoms with van der Waals surface area (Å²) in [5.74, 6) is -0.162. The van der Waals surface area contributed by atoms with E-state index in [1.807, 2.05) is 13.0 Å². The number of rotatable bonds is 0. The molecule has 1 aromatic carbocycles. The van der Waals surface area contributed by atoms with Gasteiger partial charge in [0.05, 0.1) is 3.79 Å². The van der Waals surface area contributed by atoms with Crippen LogP contribution in [0.15, 0.2) is 22.0 Å². The lowest BCUT2D eigenvalue weighted by Gasteiger charge is -1.94. The van der Waals surface area contributed by atoms with Gasteiger partial charge in [0, 0.05) is 4.70 Å². The Morgan fingerprint density at radius 1 is 1.33 bits per heavy atom. The minimum absolute atomic E-state index is 0.162. The number of hydrogen-bond acceptors (Lipinski definition) is 1. The second-order valence-electron chi connectivity index (χ2n) is 2.69. The Labute approximate surface area is 82.2 Å². The molecule has 2 rings (SSSR count). The Balaban J connectivity index is 2.88. The number of thiophene rings is 1. The highest BCUT2D eigenvalue weighted by Gasteiger charge is 2.03. The fraction of sp³-hybridized carbons (Fsp3) is 0.111. The number of fused-ring (bicyclic) bond motifs is 1. The highest BCUT2D eigenvalue weighted by atomic mass is 79.9. The summed E-state index contributed by atoms with van der Waals surface area (Å²) in [6.07, 6.45) is 0. The molecule has 0 saturated heterocycles. The third-order valence-corrected chi connectivity index (χ3v) is 3.53. The minimum atomic E-state index is -0.162. The molecule has 0 aliphatic rings. The zero-order valence-corrected chi connectivity index (χ0v) is 8.80. The van der Waals surface area contributed by atoms with E-state index in [1.54, 1.807) is 23.5 Å². The van der Waals surface area contributed by atoms with Gasteiger partial charge in [-0.2, -0.15) is 0 Å². The van der Waals surface area contributed by atoms with Crippen molar-refractivity contribution in [1.82, 2.24) is 0 Å². The second-order valence-corrected chi connectivity index (χ2v) is 5.12. The van der Waals surface area contributed by atoms with Crippen molar-refractivity contribution in [2.24, 2.45) is 0 Å². The fourth-order valence-electron chi connectivity index (χ4n) is 1.25. The molecule has 62 valence electrons. The third-order valence-electron chi connectivity index (χ3n) is 1.74. The molecule has 1 heterocycles. The molecule has 0 fully saturated rings. The first-order valence-corrected chi connectivity index (χ1v) is 5.13. The predicted octanol–water partition coefficient (Wildman–Crippen LogP) is 4.11. The van der Waals surface area contributed by atoms with Crippen LogP contribution in [-0.4, -0.2) is 0 Å². The first-order valence-electron chi connectivity index (χ1n) is 3.52. The molecule has 0 nitrogen and oxygen atoms in total. The van der Waals surface area contributed by atoms with Crippen LogP contribution in [0.3, 0.4) is 0 Å². The van der Waals surface area contributed by atoms with Gasteiger partial charge in [-0.15, -0.1) is 11.3 Å². The van der Waals surface area contributed by atoms with Crippen LogP contribution in [0.4, 0.5) is 4.39 Å². The van der Waals surface area contributed by atoms with Crippen LogP contribution in [-0.2, 0) is 0 Å². The van der Waals surface area contributed by atoms with E-state index in [0.29, 0.717) is 0 Å². The molecule has 0 radical (unpaired) electrons. The van der Waals surface area contributed by atoms with E-state index < -0.39 is 0 Å². The molecule has 0 atom stereocenters. The molecule has 0 bridgehead atoms. The van der Waals surface area contributed by atoms with Crippen molar-refractivity contribution in [3.05, 3.63) is 33.4 Å². The Bertz CT molecular complexity index is 433. The maximum Gasteiger partial charge on any atom is 0.124 e. The van der Waals surface area contributed by atoms with Crippen LogP contribution in [0.25, 0.3) is 10.1 Å². The van der Waals surface area contributed by atoms with Crippen molar-refractivity contribution >= 4 is 37.4 Å². The zero-order chi connectivity index (χ0) is 8.72. The second kappa shape index (κ2) is 2.82. The van der Waals surface area contributed by atoms with E-state index in [0.717, 1.165) is 19.4 Å². The van der Waals surface area contributed by atoms with Gasteiger partial charge in [-0.1, -0.05) is 0 Å². The van der Waals surface area contributed by atoms with Gasteiger partial charge in [-0.25, -0.2) is 4.39 Å². The van der Waals surface area contributed by atoms with E-state index >= 15 is 0 Å². The monoisotopic (exact) mass is 244 g/mol. The summed E-state index contributed by atoms with van der Waals surface area (Å²) in [4.78, 5) is 0. The van der Waals surface area contributed by atoms with Crippen LogP contribution in [0.5, 0.6) is 0 Å². The summed E-state index contributed by atoms with van der Waals surface area (Å²) >= 11 is 5.02. The maximum absolute atomic E-state index is 12.9. The summed E-state index contributed by atoms with van der Waals surface area (Å²) in [5, 5.41) is 0.976. The van der Waals surface area contributed by atoms with Crippen LogP contribution in [0.2, 0.25) is 0 Å². The Morgan fingerprint density at radius 3 is 2.83 bits per heavy atom. The average Bonchev–Trinajstić information content (AvgIpc) is 2.29. The Kier molecular flexibility index (Phi) is 1.93. The molecule has 0 amide bonds. The molecular weight excluding hydrogens is 239 g/mol. The van der Waals surface area contributed by atoms with E-state index in [9.17, 15) is 4.39 Å². The van der Waals surface area contributed by atoms with E-state index in [1.165, 1.54) is 0 Å². The number of benzene rings is 1. The fourth-order valence-corrected chi connectivity index (χ4v) is 2.82. The van der Waals surface area contributed by atoms with Gasteiger partial charge < -0.3 is 0 Å². The van der Waals surface area contributed by atoms with E-state index in [4.69, 9.17) is 0 Å². The highest BCUT2D eigenvalue weighted by molar-refractivity contribution is 9.11. The van der Waals surface area contributed by atoms with Crippen molar-refractivity contribution in [2.75, 3.05) is 0 Å². The van der Waals surface area contributed by atoms with Gasteiger partial charge in [-0.05, 0) is 52.0 Å². The third kappa shape index (κ3) is 1.27. The molecular formula is C9H6BrFS. The zero-order valence-electron chi connectivity index (χ0n) is 6.40. The summed E-state index contributed by atoms with van der Waals surface area (Å²) in [6.45, 7) is 1.92. The van der Waals surface area contributed by atoms with Crippen molar-refractivity contribution in [3.8, 4) is 0 Å². The summed E-state index contributed by atoms with van der Waals surface area (Å²) in [5.41, 5.74) is 1.00. The van der Waals surface area contributed by atoms with Crippen molar-refractivity contribution in [1.29, 1.82) is 0 Å². The smallest absolute Gasteiger partial charge is 0.124 e. The van der Waals surface area contributed by atoms with Gasteiger partial charge in [0.25, 0.3) is 0 Å². The predicted molar refractivity (Wildman–Crippen MR) is 54.2 cm³/mol. The number of aryl methyl sites for hydroxylation is 1. The van der Waals surface area contributed by atoms with E-state index in [-0.39, 0.29) is 5.82 Å². The van der Waals surface area contributed by atoms with Crippen molar-refractivity contribution in [2.45, 2.75) is 6.92 Å². The molecule has 1 aromatic heterocycles. The SMILES string of the molecule is Cc1cc(F)cc2cc(Br)sc12. The first kappa shape index (κ1) is 8.20. The Hall–Kier alpha value is -0.410. The lowest BCUT2D eigenvalue weighted by Crippen LogP contribution is -1.76. The molecule has 0 aliphatic carbocycles. The topological polar surface area (TPSA) is 0 Å². The number of halogens is 2. The summed E-state index contributed by atoms with van der Waals surface area (Å²) in [7, 11) is 0. The van der Waals surface area contributed by atoms with Gasteiger partial charge in [-0.3, -0.25) is 0 Å². The van der Waals surface area contributed by atoms with Crippen LogP contribution >= 0.6 is 27.3 Å². The van der Waals surface area contributed by atoms with E-state index in [2.05, 4.69) is 15.9 Å². The number of hydrogen-bond donors (Lipinski definition) is 0. The Morgan fingerprint density at radius 2 is 2.08 bits per heavy atom. The summed E-state index contributed by atoms with van der Waals surface area (Å²) < 4.78 is 15.1. The van der Waals surface area contributed by atoms with Gasteiger partial charge in [0.2, 0.25) is 0 Å². The normalized spacial score (nSPS) is 10.9. The lowest BCUT2D eigenvalue weighted by molar-refractivity contribution is 0.629. The largest absolute Gasteiger partial charge is 0.207 e. The van der Waals surface area contributed by atoms with Crippen LogP contribution in [0.1, 0.15) is 5.56 Å². The molecule has 2 aromatic rings. The molecule has 0 saturated carbocycles. The molecule has 12 heavy (non-hydrogen) atoms.